The maximum atomic E-state index is 8.70. The van der Waals surface area contributed by atoms with Gasteiger partial charge >= 0.3 is 0 Å². The first-order valence-corrected chi connectivity index (χ1v) is 7.63. The van der Waals surface area contributed by atoms with E-state index in [1.165, 1.54) is 25.7 Å². The van der Waals surface area contributed by atoms with Crippen LogP contribution in [0, 0.1) is 40.4 Å². The largest absolute Gasteiger partial charge is 0.301 e. The van der Waals surface area contributed by atoms with E-state index in [4.69, 9.17) is 10.5 Å². The van der Waals surface area contributed by atoms with Gasteiger partial charge in [0.1, 0.15) is 0 Å². The molecule has 106 valence electrons. The molecule has 0 aliphatic heterocycles. The molecule has 19 heavy (non-hydrogen) atoms. The van der Waals surface area contributed by atoms with Crippen molar-refractivity contribution in [3.8, 4) is 12.1 Å². The zero-order valence-corrected chi connectivity index (χ0v) is 12.4. The van der Waals surface area contributed by atoms with Gasteiger partial charge in [-0.2, -0.15) is 10.5 Å². The molecule has 0 amide bonds. The lowest BCUT2D eigenvalue weighted by Gasteiger charge is -2.33. The van der Waals surface area contributed by atoms with E-state index in [0.29, 0.717) is 12.8 Å². The van der Waals surface area contributed by atoms with Gasteiger partial charge in [-0.1, -0.05) is 13.8 Å². The highest BCUT2D eigenvalue weighted by Crippen LogP contribution is 2.33. The number of nitriles is 2. The Kier molecular flexibility index (Phi) is 7.53. The molecule has 0 atom stereocenters. The molecule has 0 aromatic heterocycles. The first kappa shape index (κ1) is 16.0. The van der Waals surface area contributed by atoms with Gasteiger partial charge < -0.3 is 4.90 Å². The number of rotatable bonds is 7. The standard InChI is InChI=1S/C16H27N3/c1-14(2)16-7-5-15(6-8-16)13-19(11-3-9-17)12-4-10-18/h14-16H,3-8,11-13H2,1-2H3. The van der Waals surface area contributed by atoms with Crippen LogP contribution in [0.5, 0.6) is 0 Å². The van der Waals surface area contributed by atoms with Crippen molar-refractivity contribution in [3.63, 3.8) is 0 Å². The Bertz CT molecular complexity index is 298. The van der Waals surface area contributed by atoms with Gasteiger partial charge in [0.25, 0.3) is 0 Å². The molecule has 1 aliphatic rings. The highest BCUT2D eigenvalue weighted by atomic mass is 15.1. The number of hydrogen-bond donors (Lipinski definition) is 0. The molecule has 0 heterocycles. The van der Waals surface area contributed by atoms with Gasteiger partial charge in [0.15, 0.2) is 0 Å². The van der Waals surface area contributed by atoms with Gasteiger partial charge in [-0.15, -0.1) is 0 Å². The molecule has 0 aromatic carbocycles. The second-order valence-electron chi connectivity index (χ2n) is 6.14. The third kappa shape index (κ3) is 6.08. The Balaban J connectivity index is 2.34. The summed E-state index contributed by atoms with van der Waals surface area (Å²) in [4.78, 5) is 2.31. The Morgan fingerprint density at radius 3 is 1.95 bits per heavy atom. The summed E-state index contributed by atoms with van der Waals surface area (Å²) in [6.07, 6.45) is 6.50. The Labute approximate surface area is 118 Å². The van der Waals surface area contributed by atoms with Crippen LogP contribution in [0.3, 0.4) is 0 Å². The van der Waals surface area contributed by atoms with E-state index >= 15 is 0 Å². The lowest BCUT2D eigenvalue weighted by atomic mass is 9.77. The monoisotopic (exact) mass is 261 g/mol. The molecule has 0 spiro atoms. The maximum Gasteiger partial charge on any atom is 0.0635 e. The van der Waals surface area contributed by atoms with E-state index in [1.807, 2.05) is 0 Å². The van der Waals surface area contributed by atoms with E-state index < -0.39 is 0 Å². The lowest BCUT2D eigenvalue weighted by molar-refractivity contribution is 0.166. The van der Waals surface area contributed by atoms with Crippen LogP contribution in [0.1, 0.15) is 52.4 Å². The Morgan fingerprint density at radius 2 is 1.53 bits per heavy atom. The molecule has 3 nitrogen and oxygen atoms in total. The number of nitrogens with zero attached hydrogens (tertiary/aromatic N) is 3. The third-order valence-electron chi connectivity index (χ3n) is 4.43. The maximum absolute atomic E-state index is 8.70. The number of hydrogen-bond acceptors (Lipinski definition) is 3. The zero-order chi connectivity index (χ0) is 14.1. The summed E-state index contributed by atoms with van der Waals surface area (Å²) in [5.41, 5.74) is 0. The Morgan fingerprint density at radius 1 is 1.00 bits per heavy atom. The average molecular weight is 261 g/mol. The molecule has 0 unspecified atom stereocenters. The summed E-state index contributed by atoms with van der Waals surface area (Å²) in [7, 11) is 0. The molecule has 0 N–H and O–H groups in total. The molecule has 1 fully saturated rings. The van der Waals surface area contributed by atoms with Crippen LogP contribution in [0.15, 0.2) is 0 Å². The Hall–Kier alpha value is -1.06. The van der Waals surface area contributed by atoms with E-state index in [0.717, 1.165) is 37.4 Å². The van der Waals surface area contributed by atoms with E-state index in [1.54, 1.807) is 0 Å². The fourth-order valence-corrected chi connectivity index (χ4v) is 3.11. The minimum atomic E-state index is 0.576. The average Bonchev–Trinajstić information content (AvgIpc) is 2.42. The van der Waals surface area contributed by atoms with Crippen LogP contribution >= 0.6 is 0 Å². The highest BCUT2D eigenvalue weighted by molar-refractivity contribution is 4.80. The second kappa shape index (κ2) is 8.94. The minimum absolute atomic E-state index is 0.576. The van der Waals surface area contributed by atoms with Gasteiger partial charge in [0, 0.05) is 32.5 Å². The fourth-order valence-electron chi connectivity index (χ4n) is 3.11. The van der Waals surface area contributed by atoms with Gasteiger partial charge in [-0.25, -0.2) is 0 Å². The third-order valence-corrected chi connectivity index (χ3v) is 4.43. The topological polar surface area (TPSA) is 50.8 Å². The molecule has 0 bridgehead atoms. The van der Waals surface area contributed by atoms with Crippen molar-refractivity contribution < 1.29 is 0 Å². The molecule has 0 radical (unpaired) electrons. The van der Waals surface area contributed by atoms with Crippen molar-refractivity contribution >= 4 is 0 Å². The van der Waals surface area contributed by atoms with Crippen molar-refractivity contribution in [3.05, 3.63) is 0 Å². The van der Waals surface area contributed by atoms with Gasteiger partial charge in [-0.3, -0.25) is 0 Å². The predicted molar refractivity (Wildman–Crippen MR) is 77.2 cm³/mol. The molecule has 1 saturated carbocycles. The molecule has 3 heteroatoms. The quantitative estimate of drug-likeness (QED) is 0.704. The molecular weight excluding hydrogens is 234 g/mol. The summed E-state index contributed by atoms with van der Waals surface area (Å²) in [6.45, 7) is 7.38. The van der Waals surface area contributed by atoms with Gasteiger partial charge in [-0.05, 0) is 43.4 Å². The molecule has 0 saturated heterocycles. The summed E-state index contributed by atoms with van der Waals surface area (Å²) in [6, 6.07) is 4.42. The zero-order valence-electron chi connectivity index (χ0n) is 12.4. The van der Waals surface area contributed by atoms with Crippen LogP contribution in [-0.4, -0.2) is 24.5 Å². The first-order chi connectivity index (χ1) is 9.17. The molecule has 1 aliphatic carbocycles. The predicted octanol–water partition coefficient (Wildman–Crippen LogP) is 3.58. The van der Waals surface area contributed by atoms with Crippen molar-refractivity contribution in [1.29, 1.82) is 10.5 Å². The van der Waals surface area contributed by atoms with Crippen molar-refractivity contribution in [1.82, 2.24) is 4.90 Å². The molecule has 1 rings (SSSR count). The van der Waals surface area contributed by atoms with E-state index in [2.05, 4.69) is 30.9 Å². The fraction of sp³-hybridized carbons (Fsp3) is 0.875. The van der Waals surface area contributed by atoms with Gasteiger partial charge in [0.2, 0.25) is 0 Å². The summed E-state index contributed by atoms with van der Waals surface area (Å²) < 4.78 is 0. The van der Waals surface area contributed by atoms with Crippen LogP contribution < -0.4 is 0 Å². The van der Waals surface area contributed by atoms with Crippen LogP contribution in [0.25, 0.3) is 0 Å². The smallest absolute Gasteiger partial charge is 0.0635 e. The SMILES string of the molecule is CC(C)C1CCC(CN(CCC#N)CCC#N)CC1. The van der Waals surface area contributed by atoms with Gasteiger partial charge in [0.05, 0.1) is 12.1 Å². The van der Waals surface area contributed by atoms with E-state index in [-0.39, 0.29) is 0 Å². The summed E-state index contributed by atoms with van der Waals surface area (Å²) in [5.74, 6) is 2.49. The summed E-state index contributed by atoms with van der Waals surface area (Å²) >= 11 is 0. The van der Waals surface area contributed by atoms with Crippen molar-refractivity contribution in [2.45, 2.75) is 52.4 Å². The van der Waals surface area contributed by atoms with Crippen molar-refractivity contribution in [2.75, 3.05) is 19.6 Å². The highest BCUT2D eigenvalue weighted by Gasteiger charge is 2.24. The van der Waals surface area contributed by atoms with Crippen molar-refractivity contribution in [2.24, 2.45) is 17.8 Å². The second-order valence-corrected chi connectivity index (χ2v) is 6.14. The minimum Gasteiger partial charge on any atom is -0.301 e. The lowest BCUT2D eigenvalue weighted by Crippen LogP contribution is -2.33. The van der Waals surface area contributed by atoms with Crippen LogP contribution in [0.2, 0.25) is 0 Å². The normalized spacial score (nSPS) is 23.3. The molecular formula is C16H27N3. The van der Waals surface area contributed by atoms with E-state index in [9.17, 15) is 0 Å². The summed E-state index contributed by atoms with van der Waals surface area (Å²) in [5, 5.41) is 17.4. The van der Waals surface area contributed by atoms with Crippen LogP contribution in [0.4, 0.5) is 0 Å². The first-order valence-electron chi connectivity index (χ1n) is 7.63. The van der Waals surface area contributed by atoms with Crippen LogP contribution in [-0.2, 0) is 0 Å². The molecule has 0 aromatic rings.